The van der Waals surface area contributed by atoms with Gasteiger partial charge in [0.15, 0.2) is 6.20 Å². The van der Waals surface area contributed by atoms with Crippen LogP contribution in [0.3, 0.4) is 0 Å². The fraction of sp³-hybridized carbons (Fsp3) is 0.368. The largest absolute Gasteiger partial charge is 0.618 e. The van der Waals surface area contributed by atoms with Gasteiger partial charge in [-0.15, -0.1) is 0 Å². The highest BCUT2D eigenvalue weighted by atomic mass is 16.5. The Labute approximate surface area is 142 Å². The Balaban J connectivity index is 1.54. The minimum atomic E-state index is -0.397. The molecule has 5 heteroatoms. The first-order chi connectivity index (χ1) is 11.7. The number of amides is 1. The third-order valence-corrected chi connectivity index (χ3v) is 4.43. The molecule has 0 aliphatic carbocycles. The molecule has 3 rings (SSSR count). The van der Waals surface area contributed by atoms with Crippen LogP contribution >= 0.6 is 0 Å². The van der Waals surface area contributed by atoms with Crippen molar-refractivity contribution in [3.05, 3.63) is 65.1 Å². The number of nitrogens with one attached hydrogen (secondary N) is 1. The molecule has 0 unspecified atom stereocenters. The molecule has 1 aromatic heterocycles. The summed E-state index contributed by atoms with van der Waals surface area (Å²) in [7, 11) is 0. The molecule has 0 bridgehead atoms. The molecule has 1 amide bonds. The molecule has 24 heavy (non-hydrogen) atoms. The van der Waals surface area contributed by atoms with E-state index in [1.54, 1.807) is 12.1 Å². The molecule has 2 heterocycles. The van der Waals surface area contributed by atoms with Gasteiger partial charge in [0.1, 0.15) is 0 Å². The van der Waals surface area contributed by atoms with Crippen molar-refractivity contribution < 1.29 is 9.52 Å². The van der Waals surface area contributed by atoms with Gasteiger partial charge in [-0.05, 0) is 56.1 Å². The van der Waals surface area contributed by atoms with E-state index in [1.807, 2.05) is 24.3 Å². The number of aromatic nitrogens is 1. The van der Waals surface area contributed by atoms with Gasteiger partial charge in [-0.25, -0.2) is 0 Å². The maximum atomic E-state index is 12.1. The number of carbonyl (C=O) groups excluding carboxylic acids is 1. The zero-order chi connectivity index (χ0) is 16.8. The van der Waals surface area contributed by atoms with E-state index in [2.05, 4.69) is 10.2 Å². The minimum absolute atomic E-state index is 0.0895. The number of anilines is 1. The van der Waals surface area contributed by atoms with Crippen LogP contribution in [-0.2, 0) is 6.42 Å². The van der Waals surface area contributed by atoms with Crippen LogP contribution in [0.4, 0.5) is 5.69 Å². The summed E-state index contributed by atoms with van der Waals surface area (Å²) in [4.78, 5) is 14.6. The third kappa shape index (κ3) is 4.32. The van der Waals surface area contributed by atoms with Gasteiger partial charge in [0.25, 0.3) is 5.69 Å². The standard InChI is InChI=1S/C19H23N3O2/c23-19(18-6-2-5-14-22(18)24)20-17-9-7-16(8-10-17)11-15-21-12-3-1-4-13-21/h2,5-10,14H,1,3-4,11-13,15H2,(H,20,23). The van der Waals surface area contributed by atoms with Gasteiger partial charge in [-0.3, -0.25) is 4.79 Å². The van der Waals surface area contributed by atoms with E-state index in [-0.39, 0.29) is 5.69 Å². The lowest BCUT2D eigenvalue weighted by Gasteiger charge is -2.26. The average Bonchev–Trinajstić information content (AvgIpc) is 2.62. The SMILES string of the molecule is O=C(Nc1ccc(CCN2CCCCC2)cc1)c1cccc[n+]1[O-]. The van der Waals surface area contributed by atoms with Crippen molar-refractivity contribution in [1.29, 1.82) is 0 Å². The van der Waals surface area contributed by atoms with Gasteiger partial charge in [-0.1, -0.05) is 18.6 Å². The number of nitrogens with zero attached hydrogens (tertiary/aromatic N) is 2. The zero-order valence-electron chi connectivity index (χ0n) is 13.8. The van der Waals surface area contributed by atoms with Crippen LogP contribution in [0.1, 0.15) is 35.3 Å². The van der Waals surface area contributed by atoms with Crippen LogP contribution in [0, 0.1) is 5.21 Å². The second-order valence-electron chi connectivity index (χ2n) is 6.22. The zero-order valence-corrected chi connectivity index (χ0v) is 13.8. The number of hydrogen-bond donors (Lipinski definition) is 1. The number of rotatable bonds is 5. The van der Waals surface area contributed by atoms with Crippen LogP contribution in [0.2, 0.25) is 0 Å². The molecule has 0 radical (unpaired) electrons. The minimum Gasteiger partial charge on any atom is -0.618 e. The van der Waals surface area contributed by atoms with Gasteiger partial charge in [0.05, 0.1) is 0 Å². The Kier molecular flexibility index (Phi) is 5.43. The van der Waals surface area contributed by atoms with Gasteiger partial charge >= 0.3 is 5.91 Å². The van der Waals surface area contributed by atoms with E-state index < -0.39 is 5.91 Å². The molecule has 0 atom stereocenters. The summed E-state index contributed by atoms with van der Waals surface area (Å²) in [6.07, 6.45) is 6.32. The van der Waals surface area contributed by atoms with E-state index in [4.69, 9.17) is 0 Å². The van der Waals surface area contributed by atoms with Gasteiger partial charge in [0.2, 0.25) is 0 Å². The lowest BCUT2D eigenvalue weighted by atomic mass is 10.1. The summed E-state index contributed by atoms with van der Waals surface area (Å²) in [6.45, 7) is 3.51. The first kappa shape index (κ1) is 16.5. The van der Waals surface area contributed by atoms with Crippen LogP contribution in [0.25, 0.3) is 0 Å². The second kappa shape index (κ2) is 7.93. The van der Waals surface area contributed by atoms with Crippen molar-refractivity contribution in [3.63, 3.8) is 0 Å². The third-order valence-electron chi connectivity index (χ3n) is 4.43. The number of hydrogen-bond acceptors (Lipinski definition) is 3. The Morgan fingerprint density at radius 1 is 1.08 bits per heavy atom. The highest BCUT2D eigenvalue weighted by Gasteiger charge is 2.15. The molecule has 1 aliphatic rings. The average molecular weight is 325 g/mol. The topological polar surface area (TPSA) is 59.3 Å². The van der Waals surface area contributed by atoms with Crippen LogP contribution in [0.5, 0.6) is 0 Å². The smallest absolute Gasteiger partial charge is 0.321 e. The predicted molar refractivity (Wildman–Crippen MR) is 93.8 cm³/mol. The molecule has 1 fully saturated rings. The van der Waals surface area contributed by atoms with Crippen LogP contribution in [-0.4, -0.2) is 30.4 Å². The monoisotopic (exact) mass is 325 g/mol. The normalized spacial score (nSPS) is 15.2. The van der Waals surface area contributed by atoms with E-state index in [0.717, 1.165) is 13.0 Å². The molecule has 1 saturated heterocycles. The van der Waals surface area contributed by atoms with Gasteiger partial charge in [-0.2, -0.15) is 4.73 Å². The summed E-state index contributed by atoms with van der Waals surface area (Å²) in [5, 5.41) is 14.4. The highest BCUT2D eigenvalue weighted by Crippen LogP contribution is 2.13. The summed E-state index contributed by atoms with van der Waals surface area (Å²) in [6, 6.07) is 12.6. The molecule has 0 saturated carbocycles. The van der Waals surface area contributed by atoms with Gasteiger partial charge < -0.3 is 15.4 Å². The lowest BCUT2D eigenvalue weighted by molar-refractivity contribution is -0.607. The van der Waals surface area contributed by atoms with Gasteiger partial charge in [0, 0.05) is 24.4 Å². The molecule has 1 aromatic carbocycles. The number of likely N-dealkylation sites (tertiary alicyclic amines) is 1. The van der Waals surface area contributed by atoms with Crippen LogP contribution in [0.15, 0.2) is 48.7 Å². The fourth-order valence-corrected chi connectivity index (χ4v) is 3.02. The summed E-state index contributed by atoms with van der Waals surface area (Å²) in [5.41, 5.74) is 2.05. The van der Waals surface area contributed by atoms with E-state index in [1.165, 1.54) is 50.2 Å². The predicted octanol–water partition coefficient (Wildman–Crippen LogP) is 2.60. The molecule has 2 aromatic rings. The Morgan fingerprint density at radius 3 is 2.54 bits per heavy atom. The quantitative estimate of drug-likeness (QED) is 0.679. The van der Waals surface area contributed by atoms with Crippen molar-refractivity contribution in [2.45, 2.75) is 25.7 Å². The van der Waals surface area contributed by atoms with Crippen molar-refractivity contribution in [2.24, 2.45) is 0 Å². The van der Waals surface area contributed by atoms with Crippen LogP contribution < -0.4 is 10.0 Å². The van der Waals surface area contributed by atoms with Crippen molar-refractivity contribution >= 4 is 11.6 Å². The molecule has 1 aliphatic heterocycles. The molecular weight excluding hydrogens is 302 g/mol. The van der Waals surface area contributed by atoms with Crippen molar-refractivity contribution in [2.75, 3.05) is 25.0 Å². The molecular formula is C19H23N3O2. The number of piperidine rings is 1. The molecule has 0 spiro atoms. The maximum absolute atomic E-state index is 12.1. The number of pyridine rings is 1. The summed E-state index contributed by atoms with van der Waals surface area (Å²) >= 11 is 0. The Morgan fingerprint density at radius 2 is 1.83 bits per heavy atom. The lowest BCUT2D eigenvalue weighted by Crippen LogP contribution is -2.36. The van der Waals surface area contributed by atoms with Crippen molar-refractivity contribution in [1.82, 2.24) is 4.90 Å². The number of carbonyl (C=O) groups is 1. The molecule has 1 N–H and O–H groups in total. The second-order valence-corrected chi connectivity index (χ2v) is 6.22. The highest BCUT2D eigenvalue weighted by molar-refractivity contribution is 6.01. The van der Waals surface area contributed by atoms with E-state index in [9.17, 15) is 10.0 Å². The maximum Gasteiger partial charge on any atom is 0.321 e. The molecule has 126 valence electrons. The fourth-order valence-electron chi connectivity index (χ4n) is 3.02. The molecule has 5 nitrogen and oxygen atoms in total. The number of benzene rings is 1. The Hall–Kier alpha value is -2.40. The Bertz CT molecular complexity index is 679. The van der Waals surface area contributed by atoms with Crippen molar-refractivity contribution in [3.8, 4) is 0 Å². The summed E-state index contributed by atoms with van der Waals surface area (Å²) < 4.78 is 0.572. The van der Waals surface area contributed by atoms with E-state index >= 15 is 0 Å². The van der Waals surface area contributed by atoms with E-state index in [0.29, 0.717) is 10.4 Å². The summed E-state index contributed by atoms with van der Waals surface area (Å²) in [5.74, 6) is -0.397. The first-order valence-electron chi connectivity index (χ1n) is 8.53. The first-order valence-corrected chi connectivity index (χ1v) is 8.53.